The second kappa shape index (κ2) is 9.36. The van der Waals surface area contributed by atoms with Gasteiger partial charge in [0.2, 0.25) is 5.91 Å². The number of hydrogen-bond donors (Lipinski definition) is 3. The van der Waals surface area contributed by atoms with Crippen molar-refractivity contribution in [2.24, 2.45) is 16.6 Å². The van der Waals surface area contributed by atoms with Crippen molar-refractivity contribution >= 4 is 29.1 Å². The molecule has 1 aliphatic heterocycles. The minimum atomic E-state index is -0.254. The Morgan fingerprint density at radius 2 is 2.20 bits per heavy atom. The normalized spacial score (nSPS) is 18.1. The minimum absolute atomic E-state index is 0.101. The lowest BCUT2D eigenvalue weighted by atomic mass is 9.95. The molecule has 1 atom stereocenters. The molecule has 1 fully saturated rings. The van der Waals surface area contributed by atoms with E-state index in [9.17, 15) is 9.59 Å². The third-order valence-electron chi connectivity index (χ3n) is 4.17. The molecule has 8 nitrogen and oxygen atoms in total. The van der Waals surface area contributed by atoms with Crippen LogP contribution in [-0.2, 0) is 4.79 Å². The average molecular weight is 366 g/mol. The molecule has 4 N–H and O–H groups in total. The Bertz CT molecular complexity index is 630. The number of nitrogens with zero attached hydrogens (tertiary/aromatic N) is 3. The van der Waals surface area contributed by atoms with Gasteiger partial charge in [0.25, 0.3) is 5.91 Å². The summed E-state index contributed by atoms with van der Waals surface area (Å²) < 4.78 is 0. The third kappa shape index (κ3) is 5.70. The van der Waals surface area contributed by atoms with E-state index < -0.39 is 0 Å². The molecule has 2 rings (SSSR count). The highest BCUT2D eigenvalue weighted by Crippen LogP contribution is 2.19. The first-order valence-corrected chi connectivity index (χ1v) is 9.31. The first-order chi connectivity index (χ1) is 12.0. The molecular formula is C16H26N6O2S. The number of hydrogen-bond acceptors (Lipinski definition) is 5. The van der Waals surface area contributed by atoms with Gasteiger partial charge >= 0.3 is 0 Å². The lowest BCUT2D eigenvalue weighted by molar-refractivity contribution is -0.119. The number of aliphatic imine (C=N–C) groups is 1. The summed E-state index contributed by atoms with van der Waals surface area (Å²) in [7, 11) is 1.74. The molecule has 0 spiro atoms. The number of likely N-dealkylation sites (tertiary alicyclic amines) is 1. The lowest BCUT2D eigenvalue weighted by Gasteiger charge is -2.34. The van der Waals surface area contributed by atoms with Crippen LogP contribution in [0.15, 0.2) is 10.5 Å². The van der Waals surface area contributed by atoms with Crippen LogP contribution in [0.25, 0.3) is 0 Å². The monoisotopic (exact) mass is 366 g/mol. The average Bonchev–Trinajstić information content (AvgIpc) is 3.00. The van der Waals surface area contributed by atoms with Gasteiger partial charge in [-0.2, -0.15) is 0 Å². The van der Waals surface area contributed by atoms with Gasteiger partial charge in [0, 0.05) is 39.6 Å². The predicted octanol–water partition coefficient (Wildman–Crippen LogP) is 0.344. The first kappa shape index (κ1) is 19.2. The standard InChI is InChI=1S/C16H26N6O2S/c1-11-14(25-10-21-11)15(24)19-5-6-20-16(18-2)22-7-3-4-12(9-22)8-13(17)23/h10,12H,3-9H2,1-2H3,(H2,17,23)(H,18,20)(H,19,24). The highest BCUT2D eigenvalue weighted by Gasteiger charge is 2.23. The van der Waals surface area contributed by atoms with E-state index in [0.29, 0.717) is 24.4 Å². The second-order valence-corrected chi connectivity index (χ2v) is 6.98. The number of aryl methyl sites for hydroxylation is 1. The van der Waals surface area contributed by atoms with Gasteiger partial charge < -0.3 is 21.3 Å². The number of primary amides is 1. The number of rotatable bonds is 6. The minimum Gasteiger partial charge on any atom is -0.370 e. The largest absolute Gasteiger partial charge is 0.370 e. The fourth-order valence-electron chi connectivity index (χ4n) is 2.99. The third-order valence-corrected chi connectivity index (χ3v) is 5.09. The Morgan fingerprint density at radius 1 is 1.44 bits per heavy atom. The van der Waals surface area contributed by atoms with Crippen molar-refractivity contribution in [1.29, 1.82) is 0 Å². The van der Waals surface area contributed by atoms with Crippen molar-refractivity contribution in [3.05, 3.63) is 16.1 Å². The number of carbonyl (C=O) groups is 2. The smallest absolute Gasteiger partial charge is 0.263 e. The zero-order valence-corrected chi connectivity index (χ0v) is 15.6. The molecule has 0 aliphatic carbocycles. The van der Waals surface area contributed by atoms with Crippen LogP contribution in [0, 0.1) is 12.8 Å². The van der Waals surface area contributed by atoms with E-state index >= 15 is 0 Å². The van der Waals surface area contributed by atoms with Crippen molar-refractivity contribution in [2.75, 3.05) is 33.2 Å². The molecule has 0 saturated carbocycles. The molecule has 1 aromatic heterocycles. The van der Waals surface area contributed by atoms with Crippen molar-refractivity contribution in [1.82, 2.24) is 20.5 Å². The van der Waals surface area contributed by atoms with Crippen molar-refractivity contribution in [3.8, 4) is 0 Å². The zero-order chi connectivity index (χ0) is 18.2. The molecule has 0 bridgehead atoms. The summed E-state index contributed by atoms with van der Waals surface area (Å²) in [5, 5.41) is 6.14. The fourth-order valence-corrected chi connectivity index (χ4v) is 3.71. The molecule has 25 heavy (non-hydrogen) atoms. The molecule has 1 aromatic rings. The van der Waals surface area contributed by atoms with Gasteiger partial charge in [-0.1, -0.05) is 0 Å². The van der Waals surface area contributed by atoms with Gasteiger partial charge in [-0.25, -0.2) is 4.98 Å². The van der Waals surface area contributed by atoms with Gasteiger partial charge in [-0.05, 0) is 25.7 Å². The SMILES string of the molecule is CN=C(NCCNC(=O)c1scnc1C)N1CCCC(CC(N)=O)C1. The van der Waals surface area contributed by atoms with Crippen molar-refractivity contribution in [2.45, 2.75) is 26.2 Å². The highest BCUT2D eigenvalue weighted by molar-refractivity contribution is 7.11. The van der Waals surface area contributed by atoms with Crippen LogP contribution in [0.3, 0.4) is 0 Å². The van der Waals surface area contributed by atoms with Crippen LogP contribution in [0.2, 0.25) is 0 Å². The maximum absolute atomic E-state index is 12.0. The molecule has 1 aliphatic rings. The predicted molar refractivity (Wildman–Crippen MR) is 98.7 cm³/mol. The molecule has 2 heterocycles. The van der Waals surface area contributed by atoms with E-state index in [0.717, 1.165) is 37.6 Å². The van der Waals surface area contributed by atoms with E-state index in [4.69, 9.17) is 5.73 Å². The van der Waals surface area contributed by atoms with E-state index in [1.165, 1.54) is 11.3 Å². The number of piperidine rings is 1. The molecule has 0 aromatic carbocycles. The number of aromatic nitrogens is 1. The fraction of sp³-hybridized carbons (Fsp3) is 0.625. The van der Waals surface area contributed by atoms with E-state index in [1.54, 1.807) is 12.6 Å². The molecule has 0 radical (unpaired) electrons. The molecular weight excluding hydrogens is 340 g/mol. The van der Waals surface area contributed by atoms with Gasteiger partial charge in [0.05, 0.1) is 11.2 Å². The Balaban J connectivity index is 1.75. The summed E-state index contributed by atoms with van der Waals surface area (Å²) in [6, 6.07) is 0. The van der Waals surface area contributed by atoms with Crippen LogP contribution < -0.4 is 16.4 Å². The van der Waals surface area contributed by atoms with Gasteiger partial charge in [0.1, 0.15) is 4.88 Å². The van der Waals surface area contributed by atoms with Crippen LogP contribution >= 0.6 is 11.3 Å². The molecule has 2 amide bonds. The summed E-state index contributed by atoms with van der Waals surface area (Å²) >= 11 is 1.34. The number of guanidine groups is 1. The quantitative estimate of drug-likeness (QED) is 0.382. The number of nitrogens with two attached hydrogens (primary N) is 1. The summed E-state index contributed by atoms with van der Waals surface area (Å²) in [5.41, 5.74) is 7.73. The summed E-state index contributed by atoms with van der Waals surface area (Å²) in [6.07, 6.45) is 2.44. The maximum Gasteiger partial charge on any atom is 0.263 e. The highest BCUT2D eigenvalue weighted by atomic mass is 32.1. The van der Waals surface area contributed by atoms with Crippen LogP contribution in [-0.4, -0.2) is 60.9 Å². The maximum atomic E-state index is 12.0. The Morgan fingerprint density at radius 3 is 2.84 bits per heavy atom. The molecule has 1 unspecified atom stereocenters. The van der Waals surface area contributed by atoms with Crippen molar-refractivity contribution in [3.63, 3.8) is 0 Å². The second-order valence-electron chi connectivity index (χ2n) is 6.12. The van der Waals surface area contributed by atoms with Gasteiger partial charge in [-0.3, -0.25) is 14.6 Å². The number of carbonyl (C=O) groups excluding carboxylic acids is 2. The Kier molecular flexibility index (Phi) is 7.17. The Labute approximate surface area is 151 Å². The van der Waals surface area contributed by atoms with E-state index in [2.05, 4.69) is 25.5 Å². The molecule has 138 valence electrons. The molecule has 9 heteroatoms. The topological polar surface area (TPSA) is 113 Å². The zero-order valence-electron chi connectivity index (χ0n) is 14.7. The number of nitrogens with one attached hydrogen (secondary N) is 2. The first-order valence-electron chi connectivity index (χ1n) is 8.43. The summed E-state index contributed by atoms with van der Waals surface area (Å²) in [6.45, 7) is 4.57. The van der Waals surface area contributed by atoms with Crippen LogP contribution in [0.1, 0.15) is 34.6 Å². The number of thiazole rings is 1. The lowest BCUT2D eigenvalue weighted by Crippen LogP contribution is -2.48. The Hall–Kier alpha value is -2.16. The molecule has 1 saturated heterocycles. The number of amides is 2. The summed E-state index contributed by atoms with van der Waals surface area (Å²) in [5.74, 6) is 0.711. The van der Waals surface area contributed by atoms with Crippen molar-refractivity contribution < 1.29 is 9.59 Å². The van der Waals surface area contributed by atoms with Gasteiger partial charge in [0.15, 0.2) is 5.96 Å². The van der Waals surface area contributed by atoms with Crippen LogP contribution in [0.5, 0.6) is 0 Å². The van der Waals surface area contributed by atoms with E-state index in [-0.39, 0.29) is 17.7 Å². The van der Waals surface area contributed by atoms with E-state index in [1.807, 2.05) is 6.92 Å². The summed E-state index contributed by atoms with van der Waals surface area (Å²) in [4.78, 5) is 34.3. The van der Waals surface area contributed by atoms with Crippen LogP contribution in [0.4, 0.5) is 0 Å². The van der Waals surface area contributed by atoms with Gasteiger partial charge in [-0.15, -0.1) is 11.3 Å².